The van der Waals surface area contributed by atoms with Gasteiger partial charge in [0.25, 0.3) is 11.8 Å². The highest BCUT2D eigenvalue weighted by Gasteiger charge is 2.43. The Labute approximate surface area is 206 Å². The molecule has 192 valence electrons. The Morgan fingerprint density at radius 2 is 1.80 bits per heavy atom. The summed E-state index contributed by atoms with van der Waals surface area (Å²) in [7, 11) is 0. The van der Waals surface area contributed by atoms with Crippen LogP contribution >= 0.6 is 0 Å². The van der Waals surface area contributed by atoms with Crippen molar-refractivity contribution in [2.75, 3.05) is 26.2 Å². The van der Waals surface area contributed by atoms with Crippen molar-refractivity contribution in [3.05, 3.63) is 35.6 Å². The molecule has 0 N–H and O–H groups in total. The maximum absolute atomic E-state index is 13.6. The first-order valence-corrected chi connectivity index (χ1v) is 12.3. The van der Waals surface area contributed by atoms with Gasteiger partial charge in [0.2, 0.25) is 6.10 Å². The summed E-state index contributed by atoms with van der Waals surface area (Å²) < 4.78 is 16.4. The van der Waals surface area contributed by atoms with Gasteiger partial charge in [0, 0.05) is 44.4 Å². The number of ether oxygens (including phenoxy) is 3. The van der Waals surface area contributed by atoms with E-state index in [4.69, 9.17) is 14.2 Å². The molecule has 0 aromatic carbocycles. The van der Waals surface area contributed by atoms with Crippen LogP contribution in [0.15, 0.2) is 35.6 Å². The zero-order chi connectivity index (χ0) is 25.6. The minimum absolute atomic E-state index is 0.0598. The van der Waals surface area contributed by atoms with Crippen LogP contribution in [0.1, 0.15) is 59.8 Å². The first-order valence-electron chi connectivity index (χ1n) is 12.3. The van der Waals surface area contributed by atoms with Crippen molar-refractivity contribution in [2.45, 2.75) is 77.6 Å². The monoisotopic (exact) mass is 488 g/mol. The quantitative estimate of drug-likeness (QED) is 0.548. The van der Waals surface area contributed by atoms with Crippen molar-refractivity contribution >= 4 is 23.8 Å². The van der Waals surface area contributed by atoms with Gasteiger partial charge in [0.1, 0.15) is 5.60 Å². The second-order valence-corrected chi connectivity index (χ2v) is 9.92. The van der Waals surface area contributed by atoms with E-state index in [1.54, 1.807) is 32.9 Å². The third kappa shape index (κ3) is 7.27. The van der Waals surface area contributed by atoms with Crippen molar-refractivity contribution < 1.29 is 33.4 Å². The fourth-order valence-corrected chi connectivity index (χ4v) is 4.26. The minimum Gasteiger partial charge on any atom is -0.457 e. The molecule has 0 aromatic heterocycles. The number of hydrogen-bond acceptors (Lipinski definition) is 7. The summed E-state index contributed by atoms with van der Waals surface area (Å²) in [5, 5.41) is 0. The third-order valence-corrected chi connectivity index (χ3v) is 5.81. The van der Waals surface area contributed by atoms with E-state index < -0.39 is 35.7 Å². The molecule has 2 fully saturated rings. The van der Waals surface area contributed by atoms with Gasteiger partial charge in [-0.1, -0.05) is 18.2 Å². The Bertz CT molecular complexity index is 922. The molecule has 9 heteroatoms. The Kier molecular flexibility index (Phi) is 8.88. The molecule has 3 rings (SSSR count). The second kappa shape index (κ2) is 11.7. The van der Waals surface area contributed by atoms with Crippen LogP contribution in [-0.4, -0.2) is 77.6 Å². The van der Waals surface area contributed by atoms with Gasteiger partial charge in [-0.2, -0.15) is 0 Å². The molecule has 0 spiro atoms. The fraction of sp³-hybridized carbons (Fsp3) is 0.615. The first-order chi connectivity index (χ1) is 16.6. The molecule has 9 nitrogen and oxygen atoms in total. The van der Waals surface area contributed by atoms with Gasteiger partial charge in [0.15, 0.2) is 6.10 Å². The average molecular weight is 489 g/mol. The summed E-state index contributed by atoms with van der Waals surface area (Å²) in [6.07, 6.45) is 8.50. The van der Waals surface area contributed by atoms with Gasteiger partial charge < -0.3 is 24.0 Å². The van der Waals surface area contributed by atoms with Crippen molar-refractivity contribution in [1.82, 2.24) is 9.80 Å². The largest absolute Gasteiger partial charge is 0.457 e. The number of allylic oxidation sites excluding steroid dienone is 3. The Hall–Kier alpha value is -2.94. The van der Waals surface area contributed by atoms with E-state index in [1.807, 2.05) is 17.1 Å². The number of piperidine rings is 1. The SMILES string of the molecule is CC(=O)OC(C(=O)OC(C)(C)C)C1OCCCN(C2=CCC=CC(C(=O)N3CCCCC3)=C2)C1=O. The topological polar surface area (TPSA) is 102 Å². The molecule has 2 unspecified atom stereocenters. The lowest BCUT2D eigenvalue weighted by molar-refractivity contribution is -0.187. The summed E-state index contributed by atoms with van der Waals surface area (Å²) in [5.74, 6) is -2.15. The predicted octanol–water partition coefficient (Wildman–Crippen LogP) is 2.66. The number of carbonyl (C=O) groups is 4. The number of esters is 2. The van der Waals surface area contributed by atoms with Crippen LogP contribution in [-0.2, 0) is 33.4 Å². The molecule has 0 aromatic rings. The predicted molar refractivity (Wildman–Crippen MR) is 128 cm³/mol. The zero-order valence-corrected chi connectivity index (χ0v) is 21.1. The molecule has 0 saturated carbocycles. The van der Waals surface area contributed by atoms with Crippen LogP contribution in [0, 0.1) is 0 Å². The number of likely N-dealkylation sites (tertiary alicyclic amines) is 1. The summed E-state index contributed by atoms with van der Waals surface area (Å²) in [5.41, 5.74) is 0.223. The molecule has 2 heterocycles. The van der Waals surface area contributed by atoms with Crippen molar-refractivity contribution in [2.24, 2.45) is 0 Å². The van der Waals surface area contributed by atoms with Crippen molar-refractivity contribution in [3.8, 4) is 0 Å². The van der Waals surface area contributed by atoms with Crippen LogP contribution in [0.25, 0.3) is 0 Å². The van der Waals surface area contributed by atoms with E-state index in [0.29, 0.717) is 30.7 Å². The number of rotatable bonds is 5. The molecular formula is C26H36N2O7. The normalized spacial score (nSPS) is 22.4. The summed E-state index contributed by atoms with van der Waals surface area (Å²) >= 11 is 0. The number of hydrogen-bond donors (Lipinski definition) is 0. The van der Waals surface area contributed by atoms with Crippen molar-refractivity contribution in [3.63, 3.8) is 0 Å². The molecule has 0 bridgehead atoms. The standard InChI is InChI=1S/C26H36N2O7/c1-18(29)34-22(25(32)35-26(2,3)4)21-24(31)28(15-10-16-33-21)20-12-7-6-11-19(17-20)23(30)27-13-8-5-9-14-27/h6,11-12,17,21-22H,5,7-10,13-16H2,1-4H3. The number of nitrogens with zero attached hydrogens (tertiary/aromatic N) is 2. The Balaban J connectivity index is 1.87. The minimum atomic E-state index is -1.54. The molecule has 3 aliphatic rings. The Morgan fingerprint density at radius 3 is 2.46 bits per heavy atom. The smallest absolute Gasteiger partial charge is 0.351 e. The highest BCUT2D eigenvalue weighted by atomic mass is 16.6. The molecule has 0 radical (unpaired) electrons. The van der Waals surface area contributed by atoms with E-state index >= 15 is 0 Å². The van der Waals surface area contributed by atoms with Gasteiger partial charge >= 0.3 is 11.9 Å². The molecular weight excluding hydrogens is 452 g/mol. The number of amides is 2. The lowest BCUT2D eigenvalue weighted by Crippen LogP contribution is -2.50. The first kappa shape index (κ1) is 26.7. The molecule has 2 aliphatic heterocycles. The van der Waals surface area contributed by atoms with Crippen molar-refractivity contribution in [1.29, 1.82) is 0 Å². The van der Waals surface area contributed by atoms with Crippen LogP contribution in [0.4, 0.5) is 0 Å². The average Bonchev–Trinajstić information content (AvgIpc) is 3.15. The molecule has 2 saturated heterocycles. The highest BCUT2D eigenvalue weighted by Crippen LogP contribution is 2.24. The fourth-order valence-electron chi connectivity index (χ4n) is 4.26. The molecule has 1 aliphatic carbocycles. The Morgan fingerprint density at radius 1 is 1.09 bits per heavy atom. The van der Waals surface area contributed by atoms with Crippen LogP contribution in [0.3, 0.4) is 0 Å². The molecule has 2 atom stereocenters. The van der Waals surface area contributed by atoms with Gasteiger partial charge in [0.05, 0.1) is 0 Å². The maximum atomic E-state index is 13.6. The second-order valence-electron chi connectivity index (χ2n) is 9.92. The maximum Gasteiger partial charge on any atom is 0.351 e. The van der Waals surface area contributed by atoms with Crippen LogP contribution in [0.5, 0.6) is 0 Å². The van der Waals surface area contributed by atoms with Gasteiger partial charge in [-0.15, -0.1) is 0 Å². The summed E-state index contributed by atoms with van der Waals surface area (Å²) in [4.78, 5) is 54.8. The molecule has 35 heavy (non-hydrogen) atoms. The lowest BCUT2D eigenvalue weighted by Gasteiger charge is -2.30. The highest BCUT2D eigenvalue weighted by molar-refractivity contribution is 5.97. The molecule has 2 amide bonds. The van der Waals surface area contributed by atoms with Crippen LogP contribution in [0.2, 0.25) is 0 Å². The van der Waals surface area contributed by atoms with Crippen LogP contribution < -0.4 is 0 Å². The summed E-state index contributed by atoms with van der Waals surface area (Å²) in [6, 6.07) is 0. The summed E-state index contributed by atoms with van der Waals surface area (Å²) in [6.45, 7) is 8.21. The van der Waals surface area contributed by atoms with Gasteiger partial charge in [-0.3, -0.25) is 14.4 Å². The van der Waals surface area contributed by atoms with E-state index in [-0.39, 0.29) is 12.5 Å². The zero-order valence-electron chi connectivity index (χ0n) is 21.1. The third-order valence-electron chi connectivity index (χ3n) is 5.81. The lowest BCUT2D eigenvalue weighted by atomic mass is 10.1. The van der Waals surface area contributed by atoms with E-state index in [1.165, 1.54) is 4.90 Å². The van der Waals surface area contributed by atoms with Gasteiger partial charge in [-0.25, -0.2) is 4.79 Å². The van der Waals surface area contributed by atoms with E-state index in [9.17, 15) is 19.2 Å². The van der Waals surface area contributed by atoms with E-state index in [0.717, 1.165) is 39.3 Å². The van der Waals surface area contributed by atoms with Gasteiger partial charge in [-0.05, 0) is 59.0 Å². The number of carbonyl (C=O) groups excluding carboxylic acids is 4. The van der Waals surface area contributed by atoms with E-state index in [2.05, 4.69) is 0 Å².